The van der Waals surface area contributed by atoms with Gasteiger partial charge in [-0.15, -0.1) is 0 Å². The molecule has 2 N–H and O–H groups in total. The molecule has 0 aromatic heterocycles. The van der Waals surface area contributed by atoms with Crippen LogP contribution in [-0.2, 0) is 28.6 Å². The Morgan fingerprint density at radius 1 is 0.903 bits per heavy atom. The second kappa shape index (κ2) is 16.9. The fraction of sp³-hybridized carbons (Fsp3) is 0.417. The number of halogens is 3. The molecule has 0 spiro atoms. The summed E-state index contributed by atoms with van der Waals surface area (Å²) in [5.74, 6) is 0.0419. The highest BCUT2D eigenvalue weighted by atomic mass is 19.4. The smallest absolute Gasteiger partial charge is 0.357 e. The first-order valence-corrected chi connectivity index (χ1v) is 10.4. The fourth-order valence-corrected chi connectivity index (χ4v) is 2.33. The van der Waals surface area contributed by atoms with E-state index in [1.165, 1.54) is 17.7 Å². The van der Waals surface area contributed by atoms with Crippen molar-refractivity contribution in [1.29, 1.82) is 0 Å². The SMILES string of the molecule is CCCC(=O)NCCNC=O.CCc1cccc(C(F)(F)F)c1.CCc1ccccc1. The van der Waals surface area contributed by atoms with E-state index in [0.717, 1.165) is 18.9 Å². The molecule has 0 aliphatic heterocycles. The Bertz CT molecular complexity index is 735. The summed E-state index contributed by atoms with van der Waals surface area (Å²) in [6, 6.07) is 15.8. The molecule has 0 bridgehead atoms. The second-order valence-corrected chi connectivity index (χ2v) is 6.56. The van der Waals surface area contributed by atoms with E-state index < -0.39 is 11.7 Å². The van der Waals surface area contributed by atoms with Crippen LogP contribution >= 0.6 is 0 Å². The molecule has 0 saturated heterocycles. The largest absolute Gasteiger partial charge is 0.416 e. The molecule has 172 valence electrons. The van der Waals surface area contributed by atoms with Gasteiger partial charge < -0.3 is 10.6 Å². The third kappa shape index (κ3) is 14.7. The highest BCUT2D eigenvalue weighted by Crippen LogP contribution is 2.29. The summed E-state index contributed by atoms with van der Waals surface area (Å²) >= 11 is 0. The summed E-state index contributed by atoms with van der Waals surface area (Å²) in [6.45, 7) is 6.95. The van der Waals surface area contributed by atoms with Gasteiger partial charge in [-0.2, -0.15) is 13.2 Å². The number of alkyl halides is 3. The minimum absolute atomic E-state index is 0.0419. The van der Waals surface area contributed by atoms with Gasteiger partial charge in [0.15, 0.2) is 0 Å². The van der Waals surface area contributed by atoms with Crippen molar-refractivity contribution in [3.63, 3.8) is 0 Å². The number of benzene rings is 2. The molecule has 2 rings (SSSR count). The fourth-order valence-electron chi connectivity index (χ4n) is 2.33. The maximum atomic E-state index is 12.1. The van der Waals surface area contributed by atoms with Crippen LogP contribution in [0.1, 0.15) is 50.3 Å². The van der Waals surface area contributed by atoms with Crippen LogP contribution in [0.5, 0.6) is 0 Å². The van der Waals surface area contributed by atoms with Crippen molar-refractivity contribution in [2.24, 2.45) is 0 Å². The molecule has 0 aliphatic carbocycles. The lowest BCUT2D eigenvalue weighted by Gasteiger charge is -2.06. The predicted molar refractivity (Wildman–Crippen MR) is 119 cm³/mol. The average molecular weight is 439 g/mol. The normalized spacial score (nSPS) is 10.0. The Hall–Kier alpha value is -2.83. The topological polar surface area (TPSA) is 58.2 Å². The highest BCUT2D eigenvalue weighted by Gasteiger charge is 2.30. The van der Waals surface area contributed by atoms with Gasteiger partial charge >= 0.3 is 6.18 Å². The van der Waals surface area contributed by atoms with Crippen molar-refractivity contribution >= 4 is 12.3 Å². The Morgan fingerprint density at radius 2 is 1.52 bits per heavy atom. The van der Waals surface area contributed by atoms with E-state index >= 15 is 0 Å². The van der Waals surface area contributed by atoms with E-state index in [1.54, 1.807) is 6.07 Å². The molecule has 0 aliphatic rings. The van der Waals surface area contributed by atoms with Gasteiger partial charge in [0.2, 0.25) is 12.3 Å². The van der Waals surface area contributed by atoms with Crippen molar-refractivity contribution in [3.8, 4) is 0 Å². The van der Waals surface area contributed by atoms with Crippen LogP contribution in [0, 0.1) is 0 Å². The number of carbonyl (C=O) groups is 2. The summed E-state index contributed by atoms with van der Waals surface area (Å²) in [6.07, 6.45) is -0.421. The van der Waals surface area contributed by atoms with Crippen LogP contribution in [0.3, 0.4) is 0 Å². The van der Waals surface area contributed by atoms with Crippen LogP contribution < -0.4 is 10.6 Å². The highest BCUT2D eigenvalue weighted by molar-refractivity contribution is 5.75. The average Bonchev–Trinajstić information content (AvgIpc) is 2.78. The predicted octanol–water partition coefficient (Wildman–Crippen LogP) is 5.17. The van der Waals surface area contributed by atoms with Gasteiger partial charge in [0.1, 0.15) is 0 Å². The monoisotopic (exact) mass is 438 g/mol. The molecule has 0 heterocycles. The maximum absolute atomic E-state index is 12.1. The minimum Gasteiger partial charge on any atom is -0.357 e. The number of nitrogens with one attached hydrogen (secondary N) is 2. The quantitative estimate of drug-likeness (QED) is 0.442. The Kier molecular flexibility index (Phi) is 15.4. The number of aryl methyl sites for hydroxylation is 2. The summed E-state index contributed by atoms with van der Waals surface area (Å²) in [7, 11) is 0. The summed E-state index contributed by atoms with van der Waals surface area (Å²) in [5, 5.41) is 5.11. The molecule has 0 radical (unpaired) electrons. The lowest BCUT2D eigenvalue weighted by Crippen LogP contribution is -2.30. The van der Waals surface area contributed by atoms with Gasteiger partial charge in [-0.05, 0) is 36.5 Å². The Morgan fingerprint density at radius 3 is 2.00 bits per heavy atom. The third-order valence-electron chi connectivity index (χ3n) is 4.07. The molecule has 2 amide bonds. The van der Waals surface area contributed by atoms with Crippen molar-refractivity contribution in [3.05, 3.63) is 71.3 Å². The zero-order chi connectivity index (χ0) is 23.5. The van der Waals surface area contributed by atoms with Crippen molar-refractivity contribution < 1.29 is 22.8 Å². The van der Waals surface area contributed by atoms with Crippen LogP contribution in [-0.4, -0.2) is 25.4 Å². The summed E-state index contributed by atoms with van der Waals surface area (Å²) in [4.78, 5) is 20.5. The summed E-state index contributed by atoms with van der Waals surface area (Å²) in [5.41, 5.74) is 1.55. The first-order valence-electron chi connectivity index (χ1n) is 10.4. The zero-order valence-corrected chi connectivity index (χ0v) is 18.5. The van der Waals surface area contributed by atoms with E-state index in [9.17, 15) is 22.8 Å². The summed E-state index contributed by atoms with van der Waals surface area (Å²) < 4.78 is 36.3. The van der Waals surface area contributed by atoms with Crippen LogP contribution in [0.2, 0.25) is 0 Å². The molecular formula is C24H33F3N2O2. The Balaban J connectivity index is 0.000000444. The standard InChI is InChI=1S/C9H9F3.C8H10.C7H14N2O2/c1-2-7-4-3-5-8(6-7)9(10,11)12;1-2-8-6-4-3-5-7-8;1-2-3-7(11)9-5-4-8-6-10/h3-6H,2H2,1H3;3-7H,2H2,1H3;6H,2-5H2,1H3,(H,8,10)(H,9,11). The van der Waals surface area contributed by atoms with Gasteiger partial charge in [-0.3, -0.25) is 9.59 Å². The van der Waals surface area contributed by atoms with E-state index in [-0.39, 0.29) is 5.91 Å². The van der Waals surface area contributed by atoms with E-state index in [4.69, 9.17) is 0 Å². The van der Waals surface area contributed by atoms with Crippen LogP contribution in [0.15, 0.2) is 54.6 Å². The lowest BCUT2D eigenvalue weighted by atomic mass is 10.1. The molecular weight excluding hydrogens is 405 g/mol. The number of hydrogen-bond acceptors (Lipinski definition) is 2. The molecule has 0 atom stereocenters. The van der Waals surface area contributed by atoms with Crippen molar-refractivity contribution in [2.45, 2.75) is 52.6 Å². The van der Waals surface area contributed by atoms with Crippen LogP contribution in [0.25, 0.3) is 0 Å². The third-order valence-corrected chi connectivity index (χ3v) is 4.07. The van der Waals surface area contributed by atoms with E-state index in [0.29, 0.717) is 37.9 Å². The lowest BCUT2D eigenvalue weighted by molar-refractivity contribution is -0.137. The van der Waals surface area contributed by atoms with Crippen molar-refractivity contribution in [2.75, 3.05) is 13.1 Å². The Labute approximate surface area is 183 Å². The second-order valence-electron chi connectivity index (χ2n) is 6.56. The minimum atomic E-state index is -4.22. The first-order chi connectivity index (χ1) is 14.8. The molecule has 0 fully saturated rings. The molecule has 31 heavy (non-hydrogen) atoms. The van der Waals surface area contributed by atoms with E-state index in [1.807, 2.05) is 19.9 Å². The number of rotatable bonds is 8. The number of amides is 2. The van der Waals surface area contributed by atoms with Gasteiger partial charge in [0, 0.05) is 19.5 Å². The van der Waals surface area contributed by atoms with Gasteiger partial charge in [-0.1, -0.05) is 69.3 Å². The molecule has 2 aromatic carbocycles. The first kappa shape index (κ1) is 28.2. The molecule has 0 saturated carbocycles. The number of hydrogen-bond donors (Lipinski definition) is 2. The molecule has 2 aromatic rings. The number of carbonyl (C=O) groups excluding carboxylic acids is 2. The maximum Gasteiger partial charge on any atom is 0.416 e. The van der Waals surface area contributed by atoms with Gasteiger partial charge in [0.05, 0.1) is 5.56 Å². The van der Waals surface area contributed by atoms with Crippen LogP contribution in [0.4, 0.5) is 13.2 Å². The molecule has 0 unspecified atom stereocenters. The molecule has 4 nitrogen and oxygen atoms in total. The molecule has 7 heteroatoms. The van der Waals surface area contributed by atoms with E-state index in [2.05, 4.69) is 41.8 Å². The van der Waals surface area contributed by atoms with Gasteiger partial charge in [0.25, 0.3) is 0 Å². The zero-order valence-electron chi connectivity index (χ0n) is 18.5. The van der Waals surface area contributed by atoms with Gasteiger partial charge in [-0.25, -0.2) is 0 Å². The van der Waals surface area contributed by atoms with Crippen molar-refractivity contribution in [1.82, 2.24) is 10.6 Å².